The Labute approximate surface area is 151 Å². The van der Waals surface area contributed by atoms with Crippen LogP contribution in [0.2, 0.25) is 0 Å². The maximum atomic E-state index is 12.5. The van der Waals surface area contributed by atoms with Gasteiger partial charge in [0.25, 0.3) is 0 Å². The first kappa shape index (κ1) is 17.3. The zero-order valence-electron chi connectivity index (χ0n) is 16.2. The number of carbonyl (C=O) groups excluding carboxylic acids is 2. The van der Waals surface area contributed by atoms with Gasteiger partial charge < -0.3 is 4.74 Å². The van der Waals surface area contributed by atoms with E-state index in [1.165, 1.54) is 18.9 Å². The van der Waals surface area contributed by atoms with Crippen molar-refractivity contribution in [1.29, 1.82) is 0 Å². The van der Waals surface area contributed by atoms with Crippen LogP contribution in [0.3, 0.4) is 0 Å². The van der Waals surface area contributed by atoms with Crippen molar-refractivity contribution in [1.82, 2.24) is 0 Å². The maximum Gasteiger partial charge on any atom is 0.302 e. The van der Waals surface area contributed by atoms with Crippen LogP contribution in [0.5, 0.6) is 0 Å². The summed E-state index contributed by atoms with van der Waals surface area (Å²) >= 11 is 0. The molecule has 5 unspecified atom stereocenters. The molecule has 4 aliphatic carbocycles. The summed E-state index contributed by atoms with van der Waals surface area (Å²) < 4.78 is 5.55. The third kappa shape index (κ3) is 2.44. The van der Waals surface area contributed by atoms with E-state index in [0.717, 1.165) is 44.9 Å². The number of ketones is 1. The molecule has 0 aromatic heterocycles. The van der Waals surface area contributed by atoms with Crippen molar-refractivity contribution in [3.8, 4) is 0 Å². The molecular weight excluding hydrogens is 312 g/mol. The van der Waals surface area contributed by atoms with Gasteiger partial charge in [0.15, 0.2) is 0 Å². The first-order valence-corrected chi connectivity index (χ1v) is 10.2. The summed E-state index contributed by atoms with van der Waals surface area (Å²) in [6.45, 7) is 8.53. The maximum absolute atomic E-state index is 12.5. The molecule has 138 valence electrons. The van der Waals surface area contributed by atoms with Crippen molar-refractivity contribution in [2.24, 2.45) is 28.6 Å². The predicted molar refractivity (Wildman–Crippen MR) is 96.9 cm³/mol. The van der Waals surface area contributed by atoms with Gasteiger partial charge in [0.1, 0.15) is 11.9 Å². The lowest BCUT2D eigenvalue weighted by Gasteiger charge is -2.58. The second-order valence-corrected chi connectivity index (χ2v) is 9.65. The van der Waals surface area contributed by atoms with Gasteiger partial charge in [-0.25, -0.2) is 0 Å². The number of hydrogen-bond donors (Lipinski definition) is 0. The summed E-state index contributed by atoms with van der Waals surface area (Å²) in [7, 11) is 0. The molecule has 25 heavy (non-hydrogen) atoms. The lowest BCUT2D eigenvalue weighted by atomic mass is 9.47. The van der Waals surface area contributed by atoms with Gasteiger partial charge in [-0.05, 0) is 68.6 Å². The second-order valence-electron chi connectivity index (χ2n) is 9.65. The lowest BCUT2D eigenvalue weighted by Crippen LogP contribution is -2.51. The first-order chi connectivity index (χ1) is 11.8. The molecule has 0 aromatic carbocycles. The topological polar surface area (TPSA) is 43.4 Å². The molecule has 3 heteroatoms. The quantitative estimate of drug-likeness (QED) is 0.505. The van der Waals surface area contributed by atoms with Crippen molar-refractivity contribution in [2.75, 3.05) is 0 Å². The van der Waals surface area contributed by atoms with Crippen molar-refractivity contribution in [2.45, 2.75) is 85.2 Å². The summed E-state index contributed by atoms with van der Waals surface area (Å²) in [6.07, 6.45) is 8.40. The van der Waals surface area contributed by atoms with Gasteiger partial charge in [0.2, 0.25) is 0 Å². The molecule has 0 bridgehead atoms. The molecule has 0 radical (unpaired) electrons. The lowest BCUT2D eigenvalue weighted by molar-refractivity contribution is -0.148. The molecule has 0 heterocycles. The SMILES string of the molecule is CC(=O)O[C@H]1CCC2(C)C(=C(C)CC3C4CCC(=O)C4(C)CCC32)C1. The molecule has 0 spiro atoms. The molecule has 0 N–H and O–H groups in total. The fraction of sp³-hybridized carbons (Fsp3) is 0.818. The number of esters is 1. The minimum atomic E-state index is -0.154. The van der Waals surface area contributed by atoms with Crippen LogP contribution in [-0.4, -0.2) is 17.9 Å². The van der Waals surface area contributed by atoms with Gasteiger partial charge in [0.05, 0.1) is 0 Å². The van der Waals surface area contributed by atoms with Crippen LogP contribution in [0.4, 0.5) is 0 Å². The number of hydrogen-bond acceptors (Lipinski definition) is 3. The van der Waals surface area contributed by atoms with E-state index < -0.39 is 0 Å². The van der Waals surface area contributed by atoms with E-state index in [9.17, 15) is 9.59 Å². The van der Waals surface area contributed by atoms with Crippen molar-refractivity contribution < 1.29 is 14.3 Å². The molecular formula is C22H32O3. The van der Waals surface area contributed by atoms with Crippen LogP contribution in [-0.2, 0) is 14.3 Å². The second kappa shape index (κ2) is 5.69. The third-order valence-electron chi connectivity index (χ3n) is 8.46. The van der Waals surface area contributed by atoms with Gasteiger partial charge in [-0.1, -0.05) is 25.0 Å². The molecule has 4 aliphatic rings. The molecule has 0 amide bonds. The molecule has 3 saturated carbocycles. The van der Waals surface area contributed by atoms with E-state index >= 15 is 0 Å². The van der Waals surface area contributed by atoms with Gasteiger partial charge >= 0.3 is 5.97 Å². The molecule has 0 aliphatic heterocycles. The van der Waals surface area contributed by atoms with Crippen LogP contribution in [0, 0.1) is 28.6 Å². The normalized spacial score (nSPS) is 46.3. The monoisotopic (exact) mass is 344 g/mol. The van der Waals surface area contributed by atoms with Crippen LogP contribution < -0.4 is 0 Å². The Balaban J connectivity index is 1.65. The minimum Gasteiger partial charge on any atom is -0.462 e. The molecule has 0 saturated heterocycles. The highest BCUT2D eigenvalue weighted by Crippen LogP contribution is 2.65. The van der Waals surface area contributed by atoms with Crippen LogP contribution in [0.25, 0.3) is 0 Å². The summed E-state index contributed by atoms with van der Waals surface area (Å²) in [5.41, 5.74) is 3.28. The Morgan fingerprint density at radius 3 is 2.44 bits per heavy atom. The number of ether oxygens (including phenoxy) is 1. The van der Waals surface area contributed by atoms with E-state index in [-0.39, 0.29) is 22.9 Å². The molecule has 3 fully saturated rings. The standard InChI is InChI=1S/C22H32O3/c1-13-11-16-17-5-6-20(24)22(17,4)10-8-18(16)21(3)9-7-15(12-19(13)21)25-14(2)23/h15-18H,5-12H2,1-4H3/t15-,16?,17?,18?,21?,22?/m0/s1. The fourth-order valence-electron chi connectivity index (χ4n) is 7.19. The Morgan fingerprint density at radius 2 is 1.72 bits per heavy atom. The Hall–Kier alpha value is -1.12. The van der Waals surface area contributed by atoms with Gasteiger partial charge in [0, 0.05) is 25.2 Å². The number of Topliss-reactive ketones (excluding diaryl/α,β-unsaturated/α-hetero) is 1. The van der Waals surface area contributed by atoms with Crippen LogP contribution in [0.1, 0.15) is 79.1 Å². The van der Waals surface area contributed by atoms with E-state index in [1.54, 1.807) is 5.57 Å². The minimum absolute atomic E-state index is 0.0513. The highest BCUT2D eigenvalue weighted by atomic mass is 16.5. The van der Waals surface area contributed by atoms with Crippen molar-refractivity contribution in [3.05, 3.63) is 11.1 Å². The smallest absolute Gasteiger partial charge is 0.302 e. The zero-order valence-corrected chi connectivity index (χ0v) is 16.2. The molecule has 0 aromatic rings. The Morgan fingerprint density at radius 1 is 1.04 bits per heavy atom. The van der Waals surface area contributed by atoms with Gasteiger partial charge in [-0.15, -0.1) is 0 Å². The van der Waals surface area contributed by atoms with E-state index in [4.69, 9.17) is 4.74 Å². The Kier molecular flexibility index (Phi) is 3.94. The Bertz CT molecular complexity index is 648. The summed E-state index contributed by atoms with van der Waals surface area (Å²) in [5.74, 6) is 2.32. The predicted octanol–water partition coefficient (Wildman–Crippen LogP) is 4.84. The highest BCUT2D eigenvalue weighted by Gasteiger charge is 2.59. The average molecular weight is 344 g/mol. The third-order valence-corrected chi connectivity index (χ3v) is 8.46. The fourth-order valence-corrected chi connectivity index (χ4v) is 7.19. The number of rotatable bonds is 1. The number of fused-ring (bicyclic) bond motifs is 5. The molecule has 6 atom stereocenters. The van der Waals surface area contributed by atoms with Crippen LogP contribution >= 0.6 is 0 Å². The molecule has 3 nitrogen and oxygen atoms in total. The van der Waals surface area contributed by atoms with Crippen molar-refractivity contribution in [3.63, 3.8) is 0 Å². The summed E-state index contributed by atoms with van der Waals surface area (Å²) in [5, 5.41) is 0. The van der Waals surface area contributed by atoms with E-state index in [0.29, 0.717) is 23.5 Å². The van der Waals surface area contributed by atoms with Gasteiger partial charge in [-0.2, -0.15) is 0 Å². The van der Waals surface area contributed by atoms with Gasteiger partial charge in [-0.3, -0.25) is 9.59 Å². The molecule has 4 rings (SSSR count). The van der Waals surface area contributed by atoms with E-state index in [1.807, 2.05) is 0 Å². The number of allylic oxidation sites excluding steroid dienone is 1. The summed E-state index contributed by atoms with van der Waals surface area (Å²) in [4.78, 5) is 23.9. The highest BCUT2D eigenvalue weighted by molar-refractivity contribution is 5.87. The number of carbonyl (C=O) groups is 2. The average Bonchev–Trinajstić information content (AvgIpc) is 2.84. The van der Waals surface area contributed by atoms with Crippen molar-refractivity contribution >= 4 is 11.8 Å². The largest absolute Gasteiger partial charge is 0.462 e. The summed E-state index contributed by atoms with van der Waals surface area (Å²) in [6, 6.07) is 0. The van der Waals surface area contributed by atoms with E-state index in [2.05, 4.69) is 20.8 Å². The first-order valence-electron chi connectivity index (χ1n) is 10.2. The van der Waals surface area contributed by atoms with Crippen LogP contribution in [0.15, 0.2) is 11.1 Å². The zero-order chi connectivity index (χ0) is 18.0.